The number of halogens is 1. The van der Waals surface area contributed by atoms with Gasteiger partial charge in [0, 0.05) is 0 Å². The fraction of sp³-hybridized carbons (Fsp3) is 0.167. The highest BCUT2D eigenvalue weighted by molar-refractivity contribution is 7.08. The fourth-order valence-electron chi connectivity index (χ4n) is 1.52. The number of aromatic hydroxyl groups is 1. The minimum atomic E-state index is -0.101. The molecule has 2 rings (SSSR count). The Morgan fingerprint density at radius 3 is 2.56 bits per heavy atom. The van der Waals surface area contributed by atoms with Crippen LogP contribution >= 0.6 is 23.7 Å². The van der Waals surface area contributed by atoms with Gasteiger partial charge in [-0.25, -0.2) is 0 Å². The summed E-state index contributed by atoms with van der Waals surface area (Å²) < 4.78 is 0. The smallest absolute Gasteiger partial charge is 0.118 e. The van der Waals surface area contributed by atoms with Crippen molar-refractivity contribution in [2.45, 2.75) is 13.0 Å². The third-order valence-corrected chi connectivity index (χ3v) is 3.18. The van der Waals surface area contributed by atoms with Gasteiger partial charge in [0.15, 0.2) is 0 Å². The largest absolute Gasteiger partial charge is 0.508 e. The number of benzene rings is 1. The first-order chi connectivity index (χ1) is 7.18. The van der Waals surface area contributed by atoms with E-state index in [9.17, 15) is 5.11 Å². The molecule has 4 heteroatoms. The van der Waals surface area contributed by atoms with Crippen molar-refractivity contribution in [1.82, 2.24) is 0 Å². The quantitative estimate of drug-likeness (QED) is 0.866. The van der Waals surface area contributed by atoms with Gasteiger partial charge in [-0.05, 0) is 46.5 Å². The van der Waals surface area contributed by atoms with E-state index in [2.05, 4.69) is 0 Å². The minimum absolute atomic E-state index is 0. The highest BCUT2D eigenvalue weighted by atomic mass is 35.5. The predicted molar refractivity (Wildman–Crippen MR) is 70.4 cm³/mol. The monoisotopic (exact) mass is 255 g/mol. The van der Waals surface area contributed by atoms with E-state index >= 15 is 0 Å². The molecule has 0 aliphatic heterocycles. The molecule has 0 saturated carbocycles. The van der Waals surface area contributed by atoms with Gasteiger partial charge in [-0.2, -0.15) is 11.3 Å². The SMILES string of the molecule is Cc1cc([C@@H](N)c2ccsc2)ccc1O.Cl. The second-order valence-corrected chi connectivity index (χ2v) is 4.36. The highest BCUT2D eigenvalue weighted by Gasteiger charge is 2.10. The minimum Gasteiger partial charge on any atom is -0.508 e. The molecule has 0 saturated heterocycles. The zero-order chi connectivity index (χ0) is 10.8. The summed E-state index contributed by atoms with van der Waals surface area (Å²) in [6, 6.07) is 7.41. The topological polar surface area (TPSA) is 46.2 Å². The summed E-state index contributed by atoms with van der Waals surface area (Å²) in [6.07, 6.45) is 0. The molecule has 16 heavy (non-hydrogen) atoms. The van der Waals surface area contributed by atoms with Crippen LogP contribution in [-0.2, 0) is 0 Å². The third-order valence-electron chi connectivity index (χ3n) is 2.48. The summed E-state index contributed by atoms with van der Waals surface area (Å²) in [6.45, 7) is 1.87. The van der Waals surface area contributed by atoms with Crippen LogP contribution in [0.1, 0.15) is 22.7 Å². The van der Waals surface area contributed by atoms with Crippen LogP contribution in [0.4, 0.5) is 0 Å². The second kappa shape index (κ2) is 5.34. The van der Waals surface area contributed by atoms with Crippen molar-refractivity contribution in [3.8, 4) is 5.75 Å². The van der Waals surface area contributed by atoms with Crippen molar-refractivity contribution in [2.75, 3.05) is 0 Å². The van der Waals surface area contributed by atoms with Crippen molar-refractivity contribution in [3.63, 3.8) is 0 Å². The van der Waals surface area contributed by atoms with Gasteiger partial charge < -0.3 is 10.8 Å². The predicted octanol–water partition coefficient (Wildman–Crippen LogP) is 3.23. The van der Waals surface area contributed by atoms with Gasteiger partial charge in [0.25, 0.3) is 0 Å². The van der Waals surface area contributed by atoms with E-state index in [1.54, 1.807) is 17.4 Å². The number of phenolic OH excluding ortho intramolecular Hbond substituents is 1. The van der Waals surface area contributed by atoms with Gasteiger partial charge >= 0.3 is 0 Å². The Labute approximate surface area is 105 Å². The molecule has 0 bridgehead atoms. The summed E-state index contributed by atoms with van der Waals surface area (Å²) in [5.74, 6) is 0.316. The van der Waals surface area contributed by atoms with Crippen LogP contribution in [0, 0.1) is 6.92 Å². The van der Waals surface area contributed by atoms with E-state index in [-0.39, 0.29) is 18.4 Å². The number of phenols is 1. The fourth-order valence-corrected chi connectivity index (χ4v) is 2.21. The van der Waals surface area contributed by atoms with Crippen LogP contribution in [0.3, 0.4) is 0 Å². The first-order valence-electron chi connectivity index (χ1n) is 4.75. The molecule has 1 aromatic heterocycles. The highest BCUT2D eigenvalue weighted by Crippen LogP contribution is 2.25. The lowest BCUT2D eigenvalue weighted by Gasteiger charge is -2.11. The van der Waals surface area contributed by atoms with Gasteiger partial charge in [-0.1, -0.05) is 12.1 Å². The molecule has 2 nitrogen and oxygen atoms in total. The van der Waals surface area contributed by atoms with E-state index in [1.807, 2.05) is 35.9 Å². The molecule has 0 unspecified atom stereocenters. The number of aryl methyl sites for hydroxylation is 1. The molecule has 1 heterocycles. The Morgan fingerprint density at radius 1 is 1.25 bits per heavy atom. The van der Waals surface area contributed by atoms with E-state index < -0.39 is 0 Å². The number of nitrogens with two attached hydrogens (primary N) is 1. The molecule has 0 spiro atoms. The van der Waals surface area contributed by atoms with E-state index in [0.717, 1.165) is 16.7 Å². The average molecular weight is 256 g/mol. The summed E-state index contributed by atoms with van der Waals surface area (Å²) >= 11 is 1.64. The molecule has 0 fully saturated rings. The van der Waals surface area contributed by atoms with Crippen molar-refractivity contribution >= 4 is 23.7 Å². The molecule has 0 amide bonds. The van der Waals surface area contributed by atoms with E-state index in [4.69, 9.17) is 5.73 Å². The maximum atomic E-state index is 9.42. The molecule has 1 aromatic carbocycles. The maximum absolute atomic E-state index is 9.42. The summed E-state index contributed by atoms with van der Waals surface area (Å²) in [7, 11) is 0. The van der Waals surface area contributed by atoms with Crippen LogP contribution in [0.2, 0.25) is 0 Å². The Kier molecular flexibility index (Phi) is 4.35. The lowest BCUT2D eigenvalue weighted by molar-refractivity contribution is 0.470. The van der Waals surface area contributed by atoms with Gasteiger partial charge in [0.05, 0.1) is 6.04 Å². The molecule has 0 aliphatic rings. The molecule has 0 radical (unpaired) electrons. The lowest BCUT2D eigenvalue weighted by atomic mass is 10.0. The Hall–Kier alpha value is -1.03. The number of hydrogen-bond donors (Lipinski definition) is 2. The van der Waals surface area contributed by atoms with Crippen molar-refractivity contribution in [3.05, 3.63) is 51.7 Å². The number of hydrogen-bond acceptors (Lipinski definition) is 3. The summed E-state index contributed by atoms with van der Waals surface area (Å²) in [4.78, 5) is 0. The molecular weight excluding hydrogens is 242 g/mol. The van der Waals surface area contributed by atoms with Crippen LogP contribution in [-0.4, -0.2) is 5.11 Å². The van der Waals surface area contributed by atoms with Crippen molar-refractivity contribution < 1.29 is 5.11 Å². The van der Waals surface area contributed by atoms with Crippen LogP contribution in [0.15, 0.2) is 35.0 Å². The lowest BCUT2D eigenvalue weighted by Crippen LogP contribution is -2.10. The van der Waals surface area contributed by atoms with E-state index in [0.29, 0.717) is 5.75 Å². The van der Waals surface area contributed by atoms with E-state index in [1.165, 1.54) is 0 Å². The van der Waals surface area contributed by atoms with Crippen molar-refractivity contribution in [1.29, 1.82) is 0 Å². The van der Waals surface area contributed by atoms with Crippen molar-refractivity contribution in [2.24, 2.45) is 5.73 Å². The second-order valence-electron chi connectivity index (χ2n) is 3.58. The first-order valence-corrected chi connectivity index (χ1v) is 5.70. The number of rotatable bonds is 2. The zero-order valence-corrected chi connectivity index (χ0v) is 10.5. The maximum Gasteiger partial charge on any atom is 0.118 e. The van der Waals surface area contributed by atoms with Crippen LogP contribution in [0.5, 0.6) is 5.75 Å². The summed E-state index contributed by atoms with van der Waals surface area (Å²) in [5, 5.41) is 13.5. The van der Waals surface area contributed by atoms with Crippen LogP contribution < -0.4 is 5.73 Å². The number of thiophene rings is 1. The first kappa shape index (κ1) is 13.0. The Balaban J connectivity index is 0.00000128. The molecule has 0 aliphatic carbocycles. The Bertz CT molecular complexity index is 456. The van der Waals surface area contributed by atoms with Gasteiger partial charge in [0.2, 0.25) is 0 Å². The molecule has 2 aromatic rings. The molecule has 3 N–H and O–H groups in total. The van der Waals surface area contributed by atoms with Gasteiger partial charge in [0.1, 0.15) is 5.75 Å². The zero-order valence-electron chi connectivity index (χ0n) is 8.88. The third kappa shape index (κ3) is 2.55. The molecule has 1 atom stereocenters. The van der Waals surface area contributed by atoms with Gasteiger partial charge in [-0.3, -0.25) is 0 Å². The summed E-state index contributed by atoms with van der Waals surface area (Å²) in [5.41, 5.74) is 9.11. The molecule has 86 valence electrons. The normalized spacial score (nSPS) is 11.9. The molecular formula is C12H14ClNOS. The Morgan fingerprint density at radius 2 is 2.00 bits per heavy atom. The van der Waals surface area contributed by atoms with Gasteiger partial charge in [-0.15, -0.1) is 12.4 Å². The van der Waals surface area contributed by atoms with Crippen LogP contribution in [0.25, 0.3) is 0 Å². The average Bonchev–Trinajstić information content (AvgIpc) is 2.74. The standard InChI is InChI=1S/C12H13NOS.ClH/c1-8-6-9(2-3-11(8)14)12(13)10-4-5-15-7-10;/h2-7,12,14H,13H2,1H3;1H/t12-;/m1./s1.